The quantitative estimate of drug-likeness (QED) is 0.419. The topological polar surface area (TPSA) is 81.5 Å². The first-order chi connectivity index (χ1) is 17.4. The van der Waals surface area contributed by atoms with Crippen molar-refractivity contribution in [3.8, 4) is 11.4 Å². The Morgan fingerprint density at radius 1 is 1.08 bits per heavy atom. The van der Waals surface area contributed by atoms with Crippen LogP contribution in [0.15, 0.2) is 54.9 Å². The maximum Gasteiger partial charge on any atom is 0.259 e. The third kappa shape index (κ3) is 4.85. The molecule has 0 aliphatic carbocycles. The molecule has 0 radical (unpaired) electrons. The molecule has 0 spiro atoms. The Kier molecular flexibility index (Phi) is 6.51. The molecule has 186 valence electrons. The van der Waals surface area contributed by atoms with E-state index in [1.807, 2.05) is 38.1 Å². The van der Waals surface area contributed by atoms with Crippen LogP contribution in [0.4, 0.5) is 20.4 Å². The monoisotopic (exact) mass is 493 g/mol. The summed E-state index contributed by atoms with van der Waals surface area (Å²) < 4.78 is 42.4. The fourth-order valence-electron chi connectivity index (χ4n) is 4.03. The maximum absolute atomic E-state index is 15.0. The fraction of sp³-hybridized carbons (Fsp3) is 0.269. The fourth-order valence-corrected chi connectivity index (χ4v) is 4.03. The molecule has 1 amide bonds. The Hall–Kier alpha value is -4.05. The van der Waals surface area contributed by atoms with Gasteiger partial charge in [0.05, 0.1) is 25.0 Å². The predicted molar refractivity (Wildman–Crippen MR) is 131 cm³/mol. The Bertz CT molecular complexity index is 1380. The molecule has 1 saturated heterocycles. The first-order valence-electron chi connectivity index (χ1n) is 11.6. The Morgan fingerprint density at radius 2 is 1.78 bits per heavy atom. The highest BCUT2D eigenvalue weighted by Crippen LogP contribution is 2.25. The number of amides is 1. The lowest BCUT2D eigenvalue weighted by Gasteiger charge is -2.27. The molecule has 8 nitrogen and oxygen atoms in total. The zero-order valence-corrected chi connectivity index (χ0v) is 19.9. The highest BCUT2D eigenvalue weighted by molar-refractivity contribution is 5.95. The van der Waals surface area contributed by atoms with Crippen LogP contribution in [0.25, 0.3) is 16.7 Å². The normalized spacial score (nSPS) is 13.9. The van der Waals surface area contributed by atoms with E-state index in [9.17, 15) is 13.6 Å². The van der Waals surface area contributed by atoms with E-state index in [1.165, 1.54) is 4.90 Å². The van der Waals surface area contributed by atoms with Crippen molar-refractivity contribution in [3.63, 3.8) is 0 Å². The van der Waals surface area contributed by atoms with Crippen LogP contribution >= 0.6 is 0 Å². The van der Waals surface area contributed by atoms with Gasteiger partial charge in [-0.1, -0.05) is 0 Å². The van der Waals surface area contributed by atoms with Crippen molar-refractivity contribution >= 4 is 28.6 Å². The van der Waals surface area contributed by atoms with Crippen LogP contribution in [0, 0.1) is 11.6 Å². The summed E-state index contributed by atoms with van der Waals surface area (Å²) in [6, 6.07) is 11.4. The van der Waals surface area contributed by atoms with Gasteiger partial charge in [-0.3, -0.25) is 4.79 Å². The van der Waals surface area contributed by atoms with Crippen LogP contribution < -0.4 is 10.1 Å². The summed E-state index contributed by atoms with van der Waals surface area (Å²) in [4.78, 5) is 23.0. The minimum Gasteiger partial charge on any atom is -0.491 e. The summed E-state index contributed by atoms with van der Waals surface area (Å²) in [5.41, 5.74) is 0.849. The molecule has 36 heavy (non-hydrogen) atoms. The number of carbonyl (C=O) groups is 1. The van der Waals surface area contributed by atoms with Crippen molar-refractivity contribution in [2.45, 2.75) is 20.0 Å². The summed E-state index contributed by atoms with van der Waals surface area (Å²) in [7, 11) is 0. The molecule has 1 fully saturated rings. The average Bonchev–Trinajstić information content (AvgIpc) is 3.28. The zero-order valence-electron chi connectivity index (χ0n) is 19.9. The molecule has 0 atom stereocenters. The molecule has 10 heteroatoms. The number of nitrogens with one attached hydrogen (secondary N) is 1. The number of carbonyl (C=O) groups excluding carboxylic acids is 1. The van der Waals surface area contributed by atoms with Crippen molar-refractivity contribution in [2.24, 2.45) is 0 Å². The molecule has 0 unspecified atom stereocenters. The van der Waals surface area contributed by atoms with Gasteiger partial charge >= 0.3 is 0 Å². The number of hydrogen-bond acceptors (Lipinski definition) is 6. The highest BCUT2D eigenvalue weighted by atomic mass is 19.1. The second-order valence-electron chi connectivity index (χ2n) is 8.66. The Morgan fingerprint density at radius 3 is 2.44 bits per heavy atom. The molecule has 0 bridgehead atoms. The van der Waals surface area contributed by atoms with Crippen LogP contribution in [0.3, 0.4) is 0 Å². The number of hydrogen-bond donors (Lipinski definition) is 1. The Balaban J connectivity index is 1.42. The largest absolute Gasteiger partial charge is 0.491 e. The van der Waals surface area contributed by atoms with Gasteiger partial charge in [-0.05, 0) is 56.3 Å². The second kappa shape index (κ2) is 9.90. The number of ether oxygens (including phenoxy) is 2. The van der Waals surface area contributed by atoms with Crippen LogP contribution in [0.5, 0.6) is 5.75 Å². The van der Waals surface area contributed by atoms with Crippen molar-refractivity contribution in [1.29, 1.82) is 0 Å². The van der Waals surface area contributed by atoms with Crippen LogP contribution in [-0.4, -0.2) is 57.7 Å². The standard InChI is InChI=1S/C26H25F2N5O3/c1-16(2)36-20-5-3-18(4-6-20)30-26-29-15-17-7-8-33(24(17)31-26)19-13-21(27)23(22(28)14-19)25(34)32-9-11-35-12-10-32/h3-8,13-16H,9-12H2,1-2H3,(H,29,30,31). The molecule has 4 aromatic rings. The number of halogens is 2. The molecule has 2 aromatic heterocycles. The number of aromatic nitrogens is 3. The van der Waals surface area contributed by atoms with Crippen LogP contribution in [0.1, 0.15) is 24.2 Å². The zero-order chi connectivity index (χ0) is 25.2. The van der Waals surface area contributed by atoms with Gasteiger partial charge < -0.3 is 24.3 Å². The van der Waals surface area contributed by atoms with E-state index in [4.69, 9.17) is 9.47 Å². The molecule has 0 saturated carbocycles. The van der Waals surface area contributed by atoms with E-state index in [2.05, 4.69) is 15.3 Å². The second-order valence-corrected chi connectivity index (χ2v) is 8.66. The van der Waals surface area contributed by atoms with Gasteiger partial charge in [-0.25, -0.2) is 13.8 Å². The van der Waals surface area contributed by atoms with Crippen molar-refractivity contribution < 1.29 is 23.0 Å². The maximum atomic E-state index is 15.0. The molecule has 1 N–H and O–H groups in total. The van der Waals surface area contributed by atoms with E-state index in [0.29, 0.717) is 43.3 Å². The van der Waals surface area contributed by atoms with Gasteiger partial charge in [0.2, 0.25) is 5.95 Å². The number of benzene rings is 2. The van der Waals surface area contributed by atoms with Crippen molar-refractivity contribution in [1.82, 2.24) is 19.4 Å². The molecular formula is C26H25F2N5O3. The number of morpholine rings is 1. The van der Waals surface area contributed by atoms with Gasteiger partial charge in [-0.15, -0.1) is 0 Å². The van der Waals surface area contributed by atoms with E-state index < -0.39 is 23.1 Å². The molecule has 3 heterocycles. The smallest absolute Gasteiger partial charge is 0.259 e. The minimum absolute atomic E-state index is 0.0727. The van der Waals surface area contributed by atoms with Gasteiger partial charge in [0.25, 0.3) is 5.91 Å². The van der Waals surface area contributed by atoms with E-state index in [0.717, 1.165) is 23.6 Å². The first kappa shape index (κ1) is 23.7. The lowest BCUT2D eigenvalue weighted by atomic mass is 10.1. The highest BCUT2D eigenvalue weighted by Gasteiger charge is 2.26. The molecule has 1 aliphatic heterocycles. The molecule has 1 aliphatic rings. The Labute approximate surface area is 206 Å². The number of rotatable bonds is 6. The predicted octanol–water partition coefficient (Wildman–Crippen LogP) is 4.70. The summed E-state index contributed by atoms with van der Waals surface area (Å²) in [5.74, 6) is -1.48. The van der Waals surface area contributed by atoms with Crippen molar-refractivity contribution in [2.75, 3.05) is 31.6 Å². The van der Waals surface area contributed by atoms with E-state index in [1.54, 1.807) is 23.0 Å². The number of nitrogens with zero attached hydrogens (tertiary/aromatic N) is 4. The van der Waals surface area contributed by atoms with E-state index >= 15 is 0 Å². The summed E-state index contributed by atoms with van der Waals surface area (Å²) in [6.45, 7) is 5.18. The SMILES string of the molecule is CC(C)Oc1ccc(Nc2ncc3ccn(-c4cc(F)c(C(=O)N5CCOCC5)c(F)c4)c3n2)cc1. The molecule has 2 aromatic carbocycles. The first-order valence-corrected chi connectivity index (χ1v) is 11.6. The number of anilines is 2. The van der Waals surface area contributed by atoms with Crippen LogP contribution in [0.2, 0.25) is 0 Å². The molecular weight excluding hydrogens is 468 g/mol. The van der Waals surface area contributed by atoms with Crippen molar-refractivity contribution in [3.05, 3.63) is 72.1 Å². The van der Waals surface area contributed by atoms with Gasteiger partial charge in [-0.2, -0.15) is 4.98 Å². The van der Waals surface area contributed by atoms with E-state index in [-0.39, 0.29) is 11.8 Å². The summed E-state index contributed by atoms with van der Waals surface area (Å²) in [6.07, 6.45) is 3.35. The summed E-state index contributed by atoms with van der Waals surface area (Å²) in [5, 5.41) is 3.82. The number of fused-ring (bicyclic) bond motifs is 1. The third-order valence-corrected chi connectivity index (χ3v) is 5.73. The lowest BCUT2D eigenvalue weighted by molar-refractivity contribution is 0.0296. The minimum atomic E-state index is -0.931. The summed E-state index contributed by atoms with van der Waals surface area (Å²) >= 11 is 0. The van der Waals surface area contributed by atoms with Gasteiger partial charge in [0, 0.05) is 36.6 Å². The third-order valence-electron chi connectivity index (χ3n) is 5.73. The van der Waals surface area contributed by atoms with Crippen LogP contribution in [-0.2, 0) is 4.74 Å². The molecule has 5 rings (SSSR count). The van der Waals surface area contributed by atoms with Gasteiger partial charge in [0.15, 0.2) is 0 Å². The van der Waals surface area contributed by atoms with Gasteiger partial charge in [0.1, 0.15) is 28.6 Å². The average molecular weight is 494 g/mol. The lowest BCUT2D eigenvalue weighted by Crippen LogP contribution is -2.41.